The maximum absolute atomic E-state index is 4.32. The number of hydrogen-bond acceptors (Lipinski definition) is 4. The van der Waals surface area contributed by atoms with Gasteiger partial charge in [0.05, 0.1) is 16.1 Å². The van der Waals surface area contributed by atoms with Crippen LogP contribution in [0.25, 0.3) is 20.3 Å². The Hall–Kier alpha value is -1.55. The third kappa shape index (κ3) is 1.16. The number of thiophene rings is 1. The zero-order chi connectivity index (χ0) is 11.3. The molecule has 3 heterocycles. The Kier molecular flexibility index (Phi) is 1.94. The van der Waals surface area contributed by atoms with Gasteiger partial charge in [-0.15, -0.1) is 16.4 Å². The lowest BCUT2D eigenvalue weighted by Gasteiger charge is -1.99. The van der Waals surface area contributed by atoms with Crippen molar-refractivity contribution in [3.8, 4) is 0 Å². The van der Waals surface area contributed by atoms with E-state index >= 15 is 0 Å². The summed E-state index contributed by atoms with van der Waals surface area (Å²) >= 11 is 1.68. The van der Waals surface area contributed by atoms with E-state index in [2.05, 4.69) is 28.2 Å². The topological polar surface area (TPSA) is 38.7 Å². The molecule has 0 aliphatic rings. The first-order valence-electron chi connectivity index (χ1n) is 5.16. The fourth-order valence-electron chi connectivity index (χ4n) is 1.95. The van der Waals surface area contributed by atoms with E-state index in [1.165, 1.54) is 21.0 Å². The van der Waals surface area contributed by atoms with Gasteiger partial charge in [-0.25, -0.2) is 0 Å². The van der Waals surface area contributed by atoms with Crippen molar-refractivity contribution in [1.82, 2.24) is 15.2 Å². The van der Waals surface area contributed by atoms with Gasteiger partial charge in [-0.2, -0.15) is 5.10 Å². The first-order valence-corrected chi connectivity index (χ1v) is 5.98. The summed E-state index contributed by atoms with van der Waals surface area (Å²) < 4.78 is 1.22. The molecule has 0 bridgehead atoms. The first-order chi connectivity index (χ1) is 7.68. The minimum absolute atomic E-state index is 1.00. The molecule has 0 amide bonds. The van der Waals surface area contributed by atoms with Crippen molar-refractivity contribution in [1.29, 1.82) is 0 Å². The van der Waals surface area contributed by atoms with E-state index < -0.39 is 0 Å². The van der Waals surface area contributed by atoms with Crippen LogP contribution in [0.2, 0.25) is 0 Å². The fourth-order valence-corrected chi connectivity index (χ4v) is 3.07. The Morgan fingerprint density at radius 2 is 1.88 bits per heavy atom. The largest absolute Gasteiger partial charge is 0.260 e. The number of rotatable bonds is 0. The minimum atomic E-state index is 1.00. The van der Waals surface area contributed by atoms with Crippen LogP contribution in [0.5, 0.6) is 0 Å². The highest BCUT2D eigenvalue weighted by atomic mass is 32.1. The number of pyridine rings is 1. The van der Waals surface area contributed by atoms with Gasteiger partial charge in [-0.05, 0) is 32.4 Å². The van der Waals surface area contributed by atoms with Crippen LogP contribution in [0.1, 0.15) is 17.0 Å². The van der Waals surface area contributed by atoms with E-state index in [1.807, 2.05) is 20.0 Å². The van der Waals surface area contributed by atoms with Gasteiger partial charge in [0.2, 0.25) is 0 Å². The lowest BCUT2D eigenvalue weighted by molar-refractivity contribution is 1.01. The maximum Gasteiger partial charge on any atom is 0.147 e. The summed E-state index contributed by atoms with van der Waals surface area (Å²) in [6, 6.07) is 2.06. The van der Waals surface area contributed by atoms with Gasteiger partial charge >= 0.3 is 0 Å². The van der Waals surface area contributed by atoms with Crippen LogP contribution in [0.4, 0.5) is 0 Å². The smallest absolute Gasteiger partial charge is 0.147 e. The van der Waals surface area contributed by atoms with Crippen molar-refractivity contribution in [2.24, 2.45) is 0 Å². The molecule has 80 valence electrons. The van der Waals surface area contributed by atoms with Crippen LogP contribution < -0.4 is 0 Å². The van der Waals surface area contributed by atoms with E-state index in [9.17, 15) is 0 Å². The highest BCUT2D eigenvalue weighted by Crippen LogP contribution is 2.35. The summed E-state index contributed by atoms with van der Waals surface area (Å²) in [4.78, 5) is 5.33. The molecular formula is C12H11N3S. The van der Waals surface area contributed by atoms with E-state index in [-0.39, 0.29) is 0 Å². The summed E-state index contributed by atoms with van der Waals surface area (Å²) in [5.41, 5.74) is 3.29. The molecule has 3 aromatic heterocycles. The molecule has 0 radical (unpaired) electrons. The molecule has 0 saturated carbocycles. The molecule has 4 heteroatoms. The maximum atomic E-state index is 4.32. The van der Waals surface area contributed by atoms with Crippen molar-refractivity contribution in [3.63, 3.8) is 0 Å². The third-order valence-corrected chi connectivity index (χ3v) is 4.17. The van der Waals surface area contributed by atoms with Crippen LogP contribution in [-0.4, -0.2) is 15.2 Å². The van der Waals surface area contributed by atoms with Crippen molar-refractivity contribution in [2.45, 2.75) is 20.8 Å². The first kappa shape index (κ1) is 9.66. The second-order valence-corrected chi connectivity index (χ2v) is 4.96. The van der Waals surface area contributed by atoms with Gasteiger partial charge in [0, 0.05) is 17.0 Å². The van der Waals surface area contributed by atoms with E-state index in [0.29, 0.717) is 0 Å². The molecule has 16 heavy (non-hydrogen) atoms. The Morgan fingerprint density at radius 1 is 1.06 bits per heavy atom. The Morgan fingerprint density at radius 3 is 2.69 bits per heavy atom. The highest BCUT2D eigenvalue weighted by molar-refractivity contribution is 7.25. The third-order valence-electron chi connectivity index (χ3n) is 2.97. The van der Waals surface area contributed by atoms with E-state index in [4.69, 9.17) is 0 Å². The van der Waals surface area contributed by atoms with Crippen LogP contribution in [0.15, 0.2) is 12.3 Å². The molecule has 0 atom stereocenters. The number of aryl methyl sites for hydroxylation is 3. The van der Waals surface area contributed by atoms with Crippen molar-refractivity contribution < 1.29 is 0 Å². The van der Waals surface area contributed by atoms with E-state index in [0.717, 1.165) is 16.2 Å². The monoisotopic (exact) mass is 229 g/mol. The lowest BCUT2D eigenvalue weighted by Crippen LogP contribution is -1.90. The Bertz CT molecular complexity index is 700. The summed E-state index contributed by atoms with van der Waals surface area (Å²) in [6.07, 6.45) is 1.86. The van der Waals surface area contributed by atoms with Gasteiger partial charge in [0.25, 0.3) is 0 Å². The molecule has 0 aliphatic carbocycles. The lowest BCUT2D eigenvalue weighted by atomic mass is 10.1. The molecule has 3 rings (SSSR count). The number of nitrogens with zero attached hydrogens (tertiary/aromatic N) is 3. The summed E-state index contributed by atoms with van der Waals surface area (Å²) in [7, 11) is 0. The molecule has 0 saturated heterocycles. The van der Waals surface area contributed by atoms with Crippen molar-refractivity contribution >= 4 is 31.6 Å². The van der Waals surface area contributed by atoms with Crippen LogP contribution in [-0.2, 0) is 0 Å². The predicted molar refractivity (Wildman–Crippen MR) is 66.9 cm³/mol. The molecule has 3 nitrogen and oxygen atoms in total. The molecule has 0 spiro atoms. The molecule has 0 aliphatic heterocycles. The molecule has 0 unspecified atom stereocenters. The molecule has 0 N–H and O–H groups in total. The summed E-state index contributed by atoms with van der Waals surface area (Å²) in [6.45, 7) is 6.14. The zero-order valence-corrected chi connectivity index (χ0v) is 10.2. The number of fused-ring (bicyclic) bond motifs is 3. The van der Waals surface area contributed by atoms with Crippen molar-refractivity contribution in [3.05, 3.63) is 29.2 Å². The van der Waals surface area contributed by atoms with Gasteiger partial charge in [0.15, 0.2) is 0 Å². The second kappa shape index (κ2) is 3.22. The Balaban J connectivity index is 2.63. The van der Waals surface area contributed by atoms with Crippen LogP contribution in [0, 0.1) is 20.8 Å². The van der Waals surface area contributed by atoms with Gasteiger partial charge in [-0.3, -0.25) is 4.98 Å². The summed E-state index contributed by atoms with van der Waals surface area (Å²) in [5.74, 6) is 0. The van der Waals surface area contributed by atoms with Crippen molar-refractivity contribution in [2.75, 3.05) is 0 Å². The van der Waals surface area contributed by atoms with Gasteiger partial charge in [-0.1, -0.05) is 0 Å². The normalized spacial score (nSPS) is 11.4. The zero-order valence-electron chi connectivity index (χ0n) is 9.40. The van der Waals surface area contributed by atoms with Crippen LogP contribution in [0.3, 0.4) is 0 Å². The molecule has 3 aromatic rings. The molecular weight excluding hydrogens is 218 g/mol. The average molecular weight is 229 g/mol. The SMILES string of the molecule is Cc1nnc2sc3c(C)nccc3c2c1C. The van der Waals surface area contributed by atoms with Gasteiger partial charge in [0.1, 0.15) is 4.83 Å². The highest BCUT2D eigenvalue weighted by Gasteiger charge is 2.12. The van der Waals surface area contributed by atoms with Gasteiger partial charge < -0.3 is 0 Å². The minimum Gasteiger partial charge on any atom is -0.260 e. The Labute approximate surface area is 97.2 Å². The fraction of sp³-hybridized carbons (Fsp3) is 0.250. The summed E-state index contributed by atoms with van der Waals surface area (Å²) in [5, 5.41) is 10.9. The number of aromatic nitrogens is 3. The quantitative estimate of drug-likeness (QED) is 0.594. The standard InChI is InChI=1S/C12H11N3S/c1-6-7(2)14-15-12-10(6)9-4-5-13-8(3)11(9)16-12/h4-5H,1-3H3. The average Bonchev–Trinajstić information content (AvgIpc) is 2.64. The predicted octanol–water partition coefficient (Wildman–Crippen LogP) is 3.16. The second-order valence-electron chi connectivity index (χ2n) is 3.97. The van der Waals surface area contributed by atoms with Crippen LogP contribution >= 0.6 is 11.3 Å². The van der Waals surface area contributed by atoms with E-state index in [1.54, 1.807) is 11.3 Å². The molecule has 0 fully saturated rings. The number of hydrogen-bond donors (Lipinski definition) is 0. The molecule has 0 aromatic carbocycles.